The van der Waals surface area contributed by atoms with Crippen LogP contribution in [0.15, 0.2) is 24.3 Å². The van der Waals surface area contributed by atoms with E-state index in [4.69, 9.17) is 10.5 Å². The fraction of sp³-hybridized carbons (Fsp3) is 0.750. The van der Waals surface area contributed by atoms with Gasteiger partial charge in [0.1, 0.15) is 5.78 Å². The van der Waals surface area contributed by atoms with Gasteiger partial charge in [0.05, 0.1) is 17.1 Å². The number of ketones is 1. The molecule has 1 heterocycles. The smallest absolute Gasteiger partial charge is 0.142 e. The standard InChI is InChI=1S/C20H31NO2/c1-7-18(4)12-13(22)16-19(5,23-18)11-8-14-17(2,3)10-9-15(21)20(14,16)6/h7-8,15-16H,1,9-12,21H2,2-6H3/t15?,16-,18-,19+,20+/m0/s1. The van der Waals surface area contributed by atoms with Crippen molar-refractivity contribution in [2.45, 2.75) is 77.5 Å². The highest BCUT2D eigenvalue weighted by molar-refractivity contribution is 5.86. The quantitative estimate of drug-likeness (QED) is 0.749. The van der Waals surface area contributed by atoms with E-state index in [1.807, 2.05) is 6.92 Å². The normalized spacial score (nSPS) is 49.0. The molecule has 5 atom stereocenters. The molecule has 3 rings (SSSR count). The van der Waals surface area contributed by atoms with Crippen LogP contribution >= 0.6 is 0 Å². The van der Waals surface area contributed by atoms with Crippen LogP contribution in [0.4, 0.5) is 0 Å². The van der Waals surface area contributed by atoms with Crippen molar-refractivity contribution < 1.29 is 9.53 Å². The fourth-order valence-electron chi connectivity index (χ4n) is 5.71. The Hall–Kier alpha value is -0.930. The molecule has 0 aromatic heterocycles. The highest BCUT2D eigenvalue weighted by atomic mass is 16.5. The monoisotopic (exact) mass is 317 g/mol. The number of rotatable bonds is 1. The first-order chi connectivity index (χ1) is 10.5. The first-order valence-corrected chi connectivity index (χ1v) is 8.82. The van der Waals surface area contributed by atoms with E-state index in [9.17, 15) is 4.79 Å². The maximum Gasteiger partial charge on any atom is 0.142 e. The molecule has 1 saturated carbocycles. The molecular weight excluding hydrogens is 286 g/mol. The first kappa shape index (κ1) is 16.9. The largest absolute Gasteiger partial charge is 0.363 e. The second kappa shape index (κ2) is 4.80. The molecule has 0 amide bonds. The molecule has 0 radical (unpaired) electrons. The highest BCUT2D eigenvalue weighted by Gasteiger charge is 2.63. The lowest BCUT2D eigenvalue weighted by molar-refractivity contribution is -0.207. The Morgan fingerprint density at radius 2 is 1.96 bits per heavy atom. The third kappa shape index (κ3) is 2.20. The van der Waals surface area contributed by atoms with Crippen LogP contribution in [0.3, 0.4) is 0 Å². The van der Waals surface area contributed by atoms with Crippen molar-refractivity contribution in [2.75, 3.05) is 0 Å². The van der Waals surface area contributed by atoms with Crippen molar-refractivity contribution in [3.8, 4) is 0 Å². The van der Waals surface area contributed by atoms with E-state index in [2.05, 4.69) is 40.3 Å². The van der Waals surface area contributed by atoms with Crippen molar-refractivity contribution in [3.05, 3.63) is 24.3 Å². The summed E-state index contributed by atoms with van der Waals surface area (Å²) in [5.41, 5.74) is 6.69. The van der Waals surface area contributed by atoms with Gasteiger partial charge in [-0.25, -0.2) is 0 Å². The minimum absolute atomic E-state index is 0.00652. The van der Waals surface area contributed by atoms with Crippen LogP contribution in [-0.4, -0.2) is 23.0 Å². The number of hydrogen-bond donors (Lipinski definition) is 1. The van der Waals surface area contributed by atoms with E-state index in [1.165, 1.54) is 5.57 Å². The number of Topliss-reactive ketones (excluding diaryl/α,β-unsaturated/α-hetero) is 1. The van der Waals surface area contributed by atoms with Gasteiger partial charge < -0.3 is 10.5 Å². The molecule has 3 heteroatoms. The summed E-state index contributed by atoms with van der Waals surface area (Å²) in [6.45, 7) is 14.7. The molecule has 128 valence electrons. The Morgan fingerprint density at radius 3 is 2.57 bits per heavy atom. The summed E-state index contributed by atoms with van der Waals surface area (Å²) in [7, 11) is 0. The summed E-state index contributed by atoms with van der Waals surface area (Å²) in [6.07, 6.45) is 7.30. The topological polar surface area (TPSA) is 52.3 Å². The molecule has 2 N–H and O–H groups in total. The lowest BCUT2D eigenvalue weighted by atomic mass is 9.47. The van der Waals surface area contributed by atoms with Crippen molar-refractivity contribution in [1.82, 2.24) is 0 Å². The fourth-order valence-corrected chi connectivity index (χ4v) is 5.71. The SMILES string of the molecule is C=C[C@@]1(C)CC(=O)[C@H]2[C@@](C)(CC=C3C(C)(C)CCC(N)[C@@]32C)O1. The Morgan fingerprint density at radius 1 is 1.30 bits per heavy atom. The molecule has 1 unspecified atom stereocenters. The van der Waals surface area contributed by atoms with Gasteiger partial charge in [0.2, 0.25) is 0 Å². The summed E-state index contributed by atoms with van der Waals surface area (Å²) in [5.74, 6) is 0.111. The number of carbonyl (C=O) groups is 1. The van der Waals surface area contributed by atoms with Crippen LogP contribution in [0.2, 0.25) is 0 Å². The number of fused-ring (bicyclic) bond motifs is 3. The summed E-state index contributed by atoms with van der Waals surface area (Å²) < 4.78 is 6.48. The van der Waals surface area contributed by atoms with Gasteiger partial charge in [0, 0.05) is 17.9 Å². The van der Waals surface area contributed by atoms with Crippen LogP contribution < -0.4 is 5.73 Å². The molecule has 1 saturated heterocycles. The third-order valence-electron chi connectivity index (χ3n) is 6.83. The van der Waals surface area contributed by atoms with Gasteiger partial charge in [-0.2, -0.15) is 0 Å². The van der Waals surface area contributed by atoms with Crippen LogP contribution in [-0.2, 0) is 9.53 Å². The predicted molar refractivity (Wildman–Crippen MR) is 93.0 cm³/mol. The van der Waals surface area contributed by atoms with E-state index in [0.29, 0.717) is 6.42 Å². The molecule has 1 aliphatic heterocycles. The number of carbonyl (C=O) groups excluding carboxylic acids is 1. The molecule has 0 bridgehead atoms. The van der Waals surface area contributed by atoms with Gasteiger partial charge in [-0.3, -0.25) is 4.79 Å². The maximum atomic E-state index is 13.2. The third-order valence-corrected chi connectivity index (χ3v) is 6.83. The number of ether oxygens (including phenoxy) is 1. The second-order valence-corrected chi connectivity index (χ2v) is 9.14. The summed E-state index contributed by atoms with van der Waals surface area (Å²) in [4.78, 5) is 13.2. The zero-order chi connectivity index (χ0) is 17.3. The molecule has 3 nitrogen and oxygen atoms in total. The molecular formula is C20H31NO2. The lowest BCUT2D eigenvalue weighted by Gasteiger charge is -2.62. The van der Waals surface area contributed by atoms with E-state index in [1.54, 1.807) is 6.08 Å². The summed E-state index contributed by atoms with van der Waals surface area (Å²) in [5, 5.41) is 0. The van der Waals surface area contributed by atoms with Gasteiger partial charge in [0.25, 0.3) is 0 Å². The lowest BCUT2D eigenvalue weighted by Crippen LogP contribution is -2.67. The van der Waals surface area contributed by atoms with Crippen LogP contribution in [0.25, 0.3) is 0 Å². The molecule has 2 aliphatic carbocycles. The van der Waals surface area contributed by atoms with Crippen molar-refractivity contribution in [1.29, 1.82) is 0 Å². The van der Waals surface area contributed by atoms with Crippen LogP contribution in [0.5, 0.6) is 0 Å². The molecule has 0 aromatic rings. The molecule has 2 fully saturated rings. The van der Waals surface area contributed by atoms with Crippen LogP contribution in [0.1, 0.15) is 60.3 Å². The highest BCUT2D eigenvalue weighted by Crippen LogP contribution is 2.62. The van der Waals surface area contributed by atoms with Gasteiger partial charge in [-0.05, 0) is 38.5 Å². The van der Waals surface area contributed by atoms with E-state index >= 15 is 0 Å². The van der Waals surface area contributed by atoms with Gasteiger partial charge in [-0.1, -0.05) is 38.5 Å². The summed E-state index contributed by atoms with van der Waals surface area (Å²) in [6, 6.07) is 0.00652. The second-order valence-electron chi connectivity index (χ2n) is 9.14. The van der Waals surface area contributed by atoms with E-state index in [-0.39, 0.29) is 28.6 Å². The van der Waals surface area contributed by atoms with Gasteiger partial charge >= 0.3 is 0 Å². The average Bonchev–Trinajstić information content (AvgIpc) is 2.41. The Labute approximate surface area is 140 Å². The summed E-state index contributed by atoms with van der Waals surface area (Å²) >= 11 is 0. The zero-order valence-electron chi connectivity index (χ0n) is 15.2. The van der Waals surface area contributed by atoms with Gasteiger partial charge in [-0.15, -0.1) is 6.58 Å². The van der Waals surface area contributed by atoms with Gasteiger partial charge in [0.15, 0.2) is 0 Å². The zero-order valence-corrected chi connectivity index (χ0v) is 15.2. The Bertz CT molecular complexity index is 592. The van der Waals surface area contributed by atoms with Crippen molar-refractivity contribution >= 4 is 5.78 Å². The van der Waals surface area contributed by atoms with E-state index < -0.39 is 11.2 Å². The molecule has 0 aromatic carbocycles. The van der Waals surface area contributed by atoms with Crippen LogP contribution in [0, 0.1) is 16.7 Å². The van der Waals surface area contributed by atoms with Crippen molar-refractivity contribution in [2.24, 2.45) is 22.5 Å². The molecule has 3 aliphatic rings. The molecule has 0 spiro atoms. The predicted octanol–water partition coefficient (Wildman–Crippen LogP) is 3.78. The minimum atomic E-state index is -0.571. The number of hydrogen-bond acceptors (Lipinski definition) is 3. The number of nitrogens with two attached hydrogens (primary N) is 1. The maximum absolute atomic E-state index is 13.2. The minimum Gasteiger partial charge on any atom is -0.363 e. The van der Waals surface area contributed by atoms with Crippen molar-refractivity contribution in [3.63, 3.8) is 0 Å². The first-order valence-electron chi connectivity index (χ1n) is 8.82. The van der Waals surface area contributed by atoms with E-state index in [0.717, 1.165) is 19.3 Å². The Kier molecular flexibility index (Phi) is 3.53. The average molecular weight is 317 g/mol. The Balaban J connectivity index is 2.15. The molecule has 23 heavy (non-hydrogen) atoms.